The van der Waals surface area contributed by atoms with Crippen molar-refractivity contribution in [3.8, 4) is 0 Å². The lowest BCUT2D eigenvalue weighted by atomic mass is 9.95. The maximum atomic E-state index is 14.3. The molecule has 0 bridgehead atoms. The van der Waals surface area contributed by atoms with Crippen molar-refractivity contribution >= 4 is 39.1 Å². The Balaban J connectivity index is 1.71. The van der Waals surface area contributed by atoms with Crippen LogP contribution in [0.1, 0.15) is 62.1 Å². The monoisotopic (exact) mass is 609 g/mol. The second-order valence-corrected chi connectivity index (χ2v) is 13.3. The summed E-state index contributed by atoms with van der Waals surface area (Å²) in [6.07, 6.45) is 5.54. The van der Waals surface area contributed by atoms with Crippen LogP contribution in [-0.2, 0) is 26.2 Å². The number of sulfonamides is 1. The average molecular weight is 610 g/mol. The fourth-order valence-electron chi connectivity index (χ4n) is 5.41. The summed E-state index contributed by atoms with van der Waals surface area (Å²) in [5, 5.41) is 3.63. The standard InChI is InChI=1S/C33H40ClN3O4S/c1-4-31(33(39)35-28-12-6-5-7-13-28)36(22-26-11-9-8-10-25(26)3)32(38)23-37(29-18-16-27(34)17-19-29)42(40,41)30-20-14-24(2)15-21-30/h8-11,14-21,28,31H,4-7,12-13,22-23H2,1-3H3,(H,35,39)/t31-/m0/s1. The first-order valence-corrected chi connectivity index (χ1v) is 16.4. The molecule has 0 saturated heterocycles. The number of hydrogen-bond donors (Lipinski definition) is 1. The van der Waals surface area contributed by atoms with Gasteiger partial charge in [0.25, 0.3) is 10.0 Å². The minimum absolute atomic E-state index is 0.0726. The number of aryl methyl sites for hydroxylation is 2. The van der Waals surface area contributed by atoms with Crippen molar-refractivity contribution in [3.05, 3.63) is 94.5 Å². The van der Waals surface area contributed by atoms with E-state index in [1.54, 1.807) is 36.4 Å². The first-order chi connectivity index (χ1) is 20.1. The number of nitrogens with zero attached hydrogens (tertiary/aromatic N) is 2. The Morgan fingerprint density at radius 3 is 2.19 bits per heavy atom. The van der Waals surface area contributed by atoms with Gasteiger partial charge in [-0.15, -0.1) is 0 Å². The van der Waals surface area contributed by atoms with E-state index in [4.69, 9.17) is 11.6 Å². The minimum atomic E-state index is -4.13. The highest BCUT2D eigenvalue weighted by Crippen LogP contribution is 2.27. The maximum absolute atomic E-state index is 14.3. The van der Waals surface area contributed by atoms with Crippen LogP contribution >= 0.6 is 11.6 Å². The molecule has 0 heterocycles. The average Bonchev–Trinajstić information content (AvgIpc) is 2.98. The number of amides is 2. The quantitative estimate of drug-likeness (QED) is 0.272. The van der Waals surface area contributed by atoms with Crippen LogP contribution < -0.4 is 9.62 Å². The van der Waals surface area contributed by atoms with E-state index in [1.807, 2.05) is 45.0 Å². The third kappa shape index (κ3) is 7.72. The van der Waals surface area contributed by atoms with Gasteiger partial charge in [0.1, 0.15) is 12.6 Å². The molecule has 42 heavy (non-hydrogen) atoms. The summed E-state index contributed by atoms with van der Waals surface area (Å²) in [4.78, 5) is 29.5. The highest BCUT2D eigenvalue weighted by molar-refractivity contribution is 7.92. The van der Waals surface area contributed by atoms with E-state index < -0.39 is 28.5 Å². The normalized spacial score (nSPS) is 14.7. The van der Waals surface area contributed by atoms with E-state index in [9.17, 15) is 18.0 Å². The Kier molecular flexibility index (Phi) is 10.7. The van der Waals surface area contributed by atoms with E-state index in [0.717, 1.165) is 53.1 Å². The molecule has 0 radical (unpaired) electrons. The number of carbonyl (C=O) groups excluding carboxylic acids is 2. The van der Waals surface area contributed by atoms with Gasteiger partial charge in [0.15, 0.2) is 0 Å². The van der Waals surface area contributed by atoms with Crippen LogP contribution in [0.3, 0.4) is 0 Å². The Morgan fingerprint density at radius 1 is 0.929 bits per heavy atom. The summed E-state index contributed by atoms with van der Waals surface area (Å²) in [6.45, 7) is 5.42. The molecule has 1 fully saturated rings. The zero-order valence-electron chi connectivity index (χ0n) is 24.6. The third-order valence-electron chi connectivity index (χ3n) is 7.94. The van der Waals surface area contributed by atoms with Gasteiger partial charge in [-0.05, 0) is 80.6 Å². The van der Waals surface area contributed by atoms with Gasteiger partial charge in [-0.2, -0.15) is 0 Å². The summed E-state index contributed by atoms with van der Waals surface area (Å²) >= 11 is 6.11. The second-order valence-electron chi connectivity index (χ2n) is 11.0. The van der Waals surface area contributed by atoms with Gasteiger partial charge in [0.2, 0.25) is 11.8 Å². The molecule has 1 aliphatic rings. The van der Waals surface area contributed by atoms with Crippen LogP contribution in [-0.4, -0.2) is 43.8 Å². The lowest BCUT2D eigenvalue weighted by Crippen LogP contribution is -2.54. The number of hydrogen-bond acceptors (Lipinski definition) is 4. The smallest absolute Gasteiger partial charge is 0.264 e. The van der Waals surface area contributed by atoms with Crippen LogP contribution in [0.2, 0.25) is 5.02 Å². The van der Waals surface area contributed by atoms with E-state index in [2.05, 4.69) is 5.32 Å². The molecule has 0 aliphatic heterocycles. The van der Waals surface area contributed by atoms with Crippen molar-refractivity contribution in [3.63, 3.8) is 0 Å². The number of benzene rings is 3. The van der Waals surface area contributed by atoms with E-state index in [1.165, 1.54) is 17.0 Å². The number of nitrogens with one attached hydrogen (secondary N) is 1. The lowest BCUT2D eigenvalue weighted by molar-refractivity contribution is -0.140. The maximum Gasteiger partial charge on any atom is 0.264 e. The van der Waals surface area contributed by atoms with E-state index in [-0.39, 0.29) is 23.4 Å². The fourth-order valence-corrected chi connectivity index (χ4v) is 6.95. The van der Waals surface area contributed by atoms with Crippen LogP contribution in [0.15, 0.2) is 77.7 Å². The zero-order chi connectivity index (χ0) is 30.3. The molecule has 9 heteroatoms. The Bertz CT molecular complexity index is 1470. The molecule has 3 aromatic carbocycles. The summed E-state index contributed by atoms with van der Waals surface area (Å²) in [5.41, 5.74) is 3.11. The number of anilines is 1. The molecule has 2 amide bonds. The predicted molar refractivity (Wildman–Crippen MR) is 168 cm³/mol. The van der Waals surface area contributed by atoms with Crippen LogP contribution in [0.5, 0.6) is 0 Å². The summed E-state index contributed by atoms with van der Waals surface area (Å²) in [6, 6.07) is 19.9. The lowest BCUT2D eigenvalue weighted by Gasteiger charge is -2.34. The van der Waals surface area contributed by atoms with Crippen LogP contribution in [0.4, 0.5) is 5.69 Å². The van der Waals surface area contributed by atoms with Gasteiger partial charge in [-0.1, -0.05) is 79.7 Å². The van der Waals surface area contributed by atoms with Crippen LogP contribution in [0.25, 0.3) is 0 Å². The van der Waals surface area contributed by atoms with Crippen molar-refractivity contribution in [2.45, 2.75) is 82.8 Å². The van der Waals surface area contributed by atoms with Crippen molar-refractivity contribution in [1.82, 2.24) is 10.2 Å². The third-order valence-corrected chi connectivity index (χ3v) is 9.98. The summed E-state index contributed by atoms with van der Waals surface area (Å²) in [5.74, 6) is -0.666. The topological polar surface area (TPSA) is 86.8 Å². The SMILES string of the molecule is CC[C@@H](C(=O)NC1CCCCC1)N(Cc1ccccc1C)C(=O)CN(c1ccc(Cl)cc1)S(=O)(=O)c1ccc(C)cc1. The molecule has 0 aromatic heterocycles. The molecule has 224 valence electrons. The first-order valence-electron chi connectivity index (χ1n) is 14.6. The Morgan fingerprint density at radius 2 is 1.57 bits per heavy atom. The zero-order valence-corrected chi connectivity index (χ0v) is 26.1. The fraction of sp³-hybridized carbons (Fsp3) is 0.394. The Hall–Kier alpha value is -3.36. The van der Waals surface area contributed by atoms with Crippen molar-refractivity contribution < 1.29 is 18.0 Å². The minimum Gasteiger partial charge on any atom is -0.352 e. The molecule has 4 rings (SSSR count). The van der Waals surface area contributed by atoms with E-state index in [0.29, 0.717) is 17.1 Å². The highest BCUT2D eigenvalue weighted by Gasteiger charge is 2.34. The van der Waals surface area contributed by atoms with Gasteiger partial charge < -0.3 is 10.2 Å². The molecule has 1 saturated carbocycles. The summed E-state index contributed by atoms with van der Waals surface area (Å²) in [7, 11) is -4.13. The van der Waals surface area contributed by atoms with Crippen LogP contribution in [0, 0.1) is 13.8 Å². The highest BCUT2D eigenvalue weighted by atomic mass is 35.5. The molecular formula is C33H40ClN3O4S. The predicted octanol–water partition coefficient (Wildman–Crippen LogP) is 6.41. The molecule has 0 unspecified atom stereocenters. The van der Waals surface area contributed by atoms with E-state index >= 15 is 0 Å². The molecular weight excluding hydrogens is 570 g/mol. The van der Waals surface area contributed by atoms with Gasteiger partial charge in [0, 0.05) is 17.6 Å². The molecule has 1 N–H and O–H groups in total. The molecule has 7 nitrogen and oxygen atoms in total. The number of rotatable bonds is 11. The second kappa shape index (κ2) is 14.2. The van der Waals surface area contributed by atoms with Gasteiger partial charge in [-0.3, -0.25) is 13.9 Å². The number of halogens is 1. The summed E-state index contributed by atoms with van der Waals surface area (Å²) < 4.78 is 29.1. The first kappa shape index (κ1) is 31.6. The van der Waals surface area contributed by atoms with Gasteiger partial charge in [0.05, 0.1) is 10.6 Å². The molecule has 1 aliphatic carbocycles. The Labute approximate surface area is 254 Å². The number of carbonyl (C=O) groups is 2. The molecule has 0 spiro atoms. The van der Waals surface area contributed by atoms with Crippen molar-refractivity contribution in [2.24, 2.45) is 0 Å². The van der Waals surface area contributed by atoms with Crippen molar-refractivity contribution in [2.75, 3.05) is 10.8 Å². The molecule has 1 atom stereocenters. The molecule has 3 aromatic rings. The van der Waals surface area contributed by atoms with Gasteiger partial charge >= 0.3 is 0 Å². The van der Waals surface area contributed by atoms with Crippen molar-refractivity contribution in [1.29, 1.82) is 0 Å². The van der Waals surface area contributed by atoms with Gasteiger partial charge in [-0.25, -0.2) is 8.42 Å². The largest absolute Gasteiger partial charge is 0.352 e.